The Morgan fingerprint density at radius 2 is 2.40 bits per heavy atom. The van der Waals surface area contributed by atoms with Crippen LogP contribution < -0.4 is 5.73 Å². The molecule has 1 aromatic carbocycles. The van der Waals surface area contributed by atoms with Crippen molar-refractivity contribution in [3.05, 3.63) is 34.9 Å². The summed E-state index contributed by atoms with van der Waals surface area (Å²) in [5.41, 5.74) is 8.23. The van der Waals surface area contributed by atoms with E-state index in [1.54, 1.807) is 6.07 Å². The summed E-state index contributed by atoms with van der Waals surface area (Å²) in [5, 5.41) is 0. The topological polar surface area (TPSA) is 52.3 Å². The first kappa shape index (κ1) is 10.2. The molecule has 0 saturated heterocycles. The molecule has 3 nitrogen and oxygen atoms in total. The van der Waals surface area contributed by atoms with Gasteiger partial charge in [-0.1, -0.05) is 13.0 Å². The minimum atomic E-state index is -0.364. The third-order valence-corrected chi connectivity index (χ3v) is 2.84. The third kappa shape index (κ3) is 1.88. The van der Waals surface area contributed by atoms with Crippen LogP contribution in [0.2, 0.25) is 0 Å². The molecule has 2 N–H and O–H groups in total. The molecule has 0 radical (unpaired) electrons. The van der Waals surface area contributed by atoms with Gasteiger partial charge in [-0.25, -0.2) is 0 Å². The number of ether oxygens (including phenoxy) is 1. The minimum absolute atomic E-state index is 0.177. The Morgan fingerprint density at radius 3 is 3.07 bits per heavy atom. The van der Waals surface area contributed by atoms with Gasteiger partial charge in [-0.2, -0.15) is 0 Å². The molecule has 1 aromatic rings. The lowest BCUT2D eigenvalue weighted by molar-refractivity contribution is 0.0398. The van der Waals surface area contributed by atoms with Crippen LogP contribution in [0.3, 0.4) is 0 Å². The molecule has 1 amide bonds. The summed E-state index contributed by atoms with van der Waals surface area (Å²) in [4.78, 5) is 11.0. The first-order chi connectivity index (χ1) is 7.22. The predicted octanol–water partition coefficient (Wildman–Crippen LogP) is 1.81. The van der Waals surface area contributed by atoms with Crippen LogP contribution >= 0.6 is 0 Å². The second-order valence-corrected chi connectivity index (χ2v) is 3.80. The molecule has 1 heterocycles. The highest BCUT2D eigenvalue weighted by molar-refractivity contribution is 5.93. The normalized spacial score (nSPS) is 19.7. The molecule has 15 heavy (non-hydrogen) atoms. The zero-order valence-electron chi connectivity index (χ0n) is 8.82. The highest BCUT2D eigenvalue weighted by Gasteiger charge is 2.19. The standard InChI is InChI=1S/C12H15NO2/c1-2-11-10-4-3-9(12(13)14)7-8(10)5-6-15-11/h3-4,7,11H,2,5-6H2,1H3,(H2,13,14). The summed E-state index contributed by atoms with van der Waals surface area (Å²) in [6, 6.07) is 5.63. The van der Waals surface area contributed by atoms with Crippen LogP contribution in [0.4, 0.5) is 0 Å². The van der Waals surface area contributed by atoms with E-state index < -0.39 is 0 Å². The molecule has 2 rings (SSSR count). The predicted molar refractivity (Wildman–Crippen MR) is 57.6 cm³/mol. The fourth-order valence-electron chi connectivity index (χ4n) is 2.03. The highest BCUT2D eigenvalue weighted by atomic mass is 16.5. The molecular weight excluding hydrogens is 190 g/mol. The molecule has 1 aliphatic rings. The third-order valence-electron chi connectivity index (χ3n) is 2.84. The summed E-state index contributed by atoms with van der Waals surface area (Å²) in [6.07, 6.45) is 2.01. The molecule has 1 atom stereocenters. The SMILES string of the molecule is CCC1OCCc2cc(C(N)=O)ccc21. The molecule has 0 spiro atoms. The van der Waals surface area contributed by atoms with Crippen molar-refractivity contribution in [1.82, 2.24) is 0 Å². The van der Waals surface area contributed by atoms with Crippen LogP contribution in [-0.4, -0.2) is 12.5 Å². The summed E-state index contributed by atoms with van der Waals surface area (Å²) in [5.74, 6) is -0.364. The van der Waals surface area contributed by atoms with Gasteiger partial charge in [0.1, 0.15) is 0 Å². The van der Waals surface area contributed by atoms with Crippen LogP contribution in [-0.2, 0) is 11.2 Å². The van der Waals surface area contributed by atoms with Gasteiger partial charge in [-0.3, -0.25) is 4.79 Å². The van der Waals surface area contributed by atoms with Crippen LogP contribution in [0.15, 0.2) is 18.2 Å². The lowest BCUT2D eigenvalue weighted by atomic mass is 9.94. The number of hydrogen-bond donors (Lipinski definition) is 1. The first-order valence-electron chi connectivity index (χ1n) is 5.26. The highest BCUT2D eigenvalue weighted by Crippen LogP contribution is 2.29. The van der Waals surface area contributed by atoms with Crippen LogP contribution in [0.1, 0.15) is 40.9 Å². The van der Waals surface area contributed by atoms with E-state index in [2.05, 4.69) is 6.92 Å². The largest absolute Gasteiger partial charge is 0.373 e. The number of hydrogen-bond acceptors (Lipinski definition) is 2. The fourth-order valence-corrected chi connectivity index (χ4v) is 2.03. The molecule has 0 aliphatic carbocycles. The van der Waals surface area contributed by atoms with Crippen molar-refractivity contribution in [3.8, 4) is 0 Å². The molecule has 1 aliphatic heterocycles. The van der Waals surface area contributed by atoms with E-state index in [0.717, 1.165) is 19.4 Å². The van der Waals surface area contributed by atoms with Crippen molar-refractivity contribution in [3.63, 3.8) is 0 Å². The van der Waals surface area contributed by atoms with Gasteiger partial charge in [0.05, 0.1) is 12.7 Å². The van der Waals surface area contributed by atoms with E-state index in [1.807, 2.05) is 12.1 Å². The van der Waals surface area contributed by atoms with E-state index in [-0.39, 0.29) is 12.0 Å². The maximum Gasteiger partial charge on any atom is 0.248 e. The summed E-state index contributed by atoms with van der Waals surface area (Å²) >= 11 is 0. The molecular formula is C12H15NO2. The van der Waals surface area contributed by atoms with E-state index >= 15 is 0 Å². The number of carbonyl (C=O) groups excluding carboxylic acids is 1. The maximum absolute atomic E-state index is 11.0. The first-order valence-corrected chi connectivity index (χ1v) is 5.26. The quantitative estimate of drug-likeness (QED) is 0.800. The molecule has 3 heteroatoms. The lowest BCUT2D eigenvalue weighted by Gasteiger charge is -2.25. The van der Waals surface area contributed by atoms with Crippen molar-refractivity contribution in [1.29, 1.82) is 0 Å². The number of nitrogens with two attached hydrogens (primary N) is 1. The lowest BCUT2D eigenvalue weighted by Crippen LogP contribution is -2.18. The molecule has 80 valence electrons. The van der Waals surface area contributed by atoms with Crippen molar-refractivity contribution in [2.24, 2.45) is 5.73 Å². The van der Waals surface area contributed by atoms with E-state index in [9.17, 15) is 4.79 Å². The van der Waals surface area contributed by atoms with Crippen molar-refractivity contribution in [2.75, 3.05) is 6.61 Å². The Bertz CT molecular complexity index is 387. The van der Waals surface area contributed by atoms with Gasteiger partial charge in [-0.05, 0) is 36.1 Å². The van der Waals surface area contributed by atoms with Crippen LogP contribution in [0, 0.1) is 0 Å². The monoisotopic (exact) mass is 205 g/mol. The van der Waals surface area contributed by atoms with Gasteiger partial charge >= 0.3 is 0 Å². The molecule has 0 fully saturated rings. The zero-order valence-corrected chi connectivity index (χ0v) is 8.82. The van der Waals surface area contributed by atoms with E-state index in [0.29, 0.717) is 5.56 Å². The Labute approximate surface area is 89.2 Å². The summed E-state index contributed by atoms with van der Waals surface area (Å²) in [6.45, 7) is 2.83. The van der Waals surface area contributed by atoms with Gasteiger partial charge in [0.15, 0.2) is 0 Å². The number of amides is 1. The fraction of sp³-hybridized carbons (Fsp3) is 0.417. The number of rotatable bonds is 2. The number of benzene rings is 1. The molecule has 0 aromatic heterocycles. The summed E-state index contributed by atoms with van der Waals surface area (Å²) < 4.78 is 5.64. The summed E-state index contributed by atoms with van der Waals surface area (Å²) in [7, 11) is 0. The number of primary amides is 1. The van der Waals surface area contributed by atoms with Crippen LogP contribution in [0.25, 0.3) is 0 Å². The average molecular weight is 205 g/mol. The van der Waals surface area contributed by atoms with Gasteiger partial charge in [0, 0.05) is 5.56 Å². The van der Waals surface area contributed by atoms with Gasteiger partial charge in [0.2, 0.25) is 5.91 Å². The average Bonchev–Trinajstić information content (AvgIpc) is 2.27. The maximum atomic E-state index is 11.0. The van der Waals surface area contributed by atoms with Gasteiger partial charge in [-0.15, -0.1) is 0 Å². The number of fused-ring (bicyclic) bond motifs is 1. The van der Waals surface area contributed by atoms with E-state index in [1.165, 1.54) is 11.1 Å². The molecule has 0 bridgehead atoms. The van der Waals surface area contributed by atoms with Gasteiger partial charge in [0.25, 0.3) is 0 Å². The van der Waals surface area contributed by atoms with Gasteiger partial charge < -0.3 is 10.5 Å². The second-order valence-electron chi connectivity index (χ2n) is 3.80. The second kappa shape index (κ2) is 4.03. The van der Waals surface area contributed by atoms with E-state index in [4.69, 9.17) is 10.5 Å². The van der Waals surface area contributed by atoms with Crippen molar-refractivity contribution < 1.29 is 9.53 Å². The Hall–Kier alpha value is -1.35. The smallest absolute Gasteiger partial charge is 0.248 e. The van der Waals surface area contributed by atoms with Crippen molar-refractivity contribution in [2.45, 2.75) is 25.9 Å². The Morgan fingerprint density at radius 1 is 1.60 bits per heavy atom. The Balaban J connectivity index is 2.40. The molecule has 1 unspecified atom stereocenters. The Kier molecular flexibility index (Phi) is 2.73. The zero-order chi connectivity index (χ0) is 10.8. The molecule has 0 saturated carbocycles. The number of carbonyl (C=O) groups is 1. The minimum Gasteiger partial charge on any atom is -0.373 e. The van der Waals surface area contributed by atoms with Crippen LogP contribution in [0.5, 0.6) is 0 Å². The van der Waals surface area contributed by atoms with Crippen molar-refractivity contribution >= 4 is 5.91 Å².